The Morgan fingerprint density at radius 1 is 1.03 bits per heavy atom. The molecule has 0 aliphatic rings. The second-order valence-corrected chi connectivity index (χ2v) is 9.02. The molecule has 0 amide bonds. The van der Waals surface area contributed by atoms with E-state index in [0.717, 1.165) is 11.4 Å². The van der Waals surface area contributed by atoms with E-state index in [1.165, 1.54) is 35.6 Å². The van der Waals surface area contributed by atoms with Gasteiger partial charge in [-0.15, -0.1) is 11.3 Å². The quantitative estimate of drug-likeness (QED) is 0.357. The van der Waals surface area contributed by atoms with Crippen molar-refractivity contribution in [2.75, 3.05) is 5.32 Å². The standard InChI is InChI=1S/C21H14N4O5S2/c26-21-25-17-8-7-15(11-19(17)29-21)32(27,28)30-14-5-3-4-13(10-14)23-20-24-18(12-31-20)16-6-1-2-9-22-16/h1-12H,(H,23,24)(H,25,26). The van der Waals surface area contributed by atoms with Crippen LogP contribution in [0.15, 0.2) is 86.3 Å². The second-order valence-electron chi connectivity index (χ2n) is 6.62. The van der Waals surface area contributed by atoms with Crippen molar-refractivity contribution >= 4 is 43.4 Å². The second kappa shape index (κ2) is 7.94. The molecule has 0 radical (unpaired) electrons. The number of aromatic amines is 1. The average Bonchev–Trinajstić information content (AvgIpc) is 3.39. The highest BCUT2D eigenvalue weighted by Crippen LogP contribution is 2.28. The molecule has 0 atom stereocenters. The molecule has 5 rings (SSSR count). The number of nitrogens with one attached hydrogen (secondary N) is 2. The van der Waals surface area contributed by atoms with E-state index in [0.29, 0.717) is 16.3 Å². The molecule has 0 spiro atoms. The number of rotatable bonds is 6. The van der Waals surface area contributed by atoms with E-state index in [-0.39, 0.29) is 16.2 Å². The van der Waals surface area contributed by atoms with Gasteiger partial charge in [-0.2, -0.15) is 8.42 Å². The van der Waals surface area contributed by atoms with E-state index >= 15 is 0 Å². The molecule has 0 aliphatic heterocycles. The van der Waals surface area contributed by atoms with Gasteiger partial charge in [-0.05, 0) is 36.4 Å². The smallest absolute Gasteiger partial charge is 0.408 e. The van der Waals surface area contributed by atoms with E-state index in [4.69, 9.17) is 8.60 Å². The van der Waals surface area contributed by atoms with Crippen LogP contribution in [0.2, 0.25) is 0 Å². The van der Waals surface area contributed by atoms with Crippen LogP contribution >= 0.6 is 11.3 Å². The molecule has 2 N–H and O–H groups in total. The van der Waals surface area contributed by atoms with Gasteiger partial charge in [0.1, 0.15) is 16.3 Å². The van der Waals surface area contributed by atoms with Crippen LogP contribution in [0.25, 0.3) is 22.5 Å². The lowest BCUT2D eigenvalue weighted by Gasteiger charge is -2.09. The maximum atomic E-state index is 12.7. The summed E-state index contributed by atoms with van der Waals surface area (Å²) in [5, 5.41) is 5.64. The van der Waals surface area contributed by atoms with Crippen LogP contribution in [0.3, 0.4) is 0 Å². The van der Waals surface area contributed by atoms with Crippen molar-refractivity contribution < 1.29 is 17.0 Å². The largest absolute Gasteiger partial charge is 0.417 e. The molecule has 160 valence electrons. The number of nitrogens with zero attached hydrogens (tertiary/aromatic N) is 2. The van der Waals surface area contributed by atoms with Gasteiger partial charge >= 0.3 is 15.9 Å². The van der Waals surface area contributed by atoms with Crippen LogP contribution in [0.4, 0.5) is 10.8 Å². The summed E-state index contributed by atoms with van der Waals surface area (Å²) in [6, 6.07) is 16.1. The molecule has 2 aromatic carbocycles. The summed E-state index contributed by atoms with van der Waals surface area (Å²) in [4.78, 5) is 22.4. The van der Waals surface area contributed by atoms with Crippen molar-refractivity contribution in [2.45, 2.75) is 4.90 Å². The van der Waals surface area contributed by atoms with E-state index in [2.05, 4.69) is 20.3 Å². The molecule has 3 aromatic heterocycles. The average molecular weight is 467 g/mol. The molecule has 0 bridgehead atoms. The first kappa shape index (κ1) is 20.0. The Morgan fingerprint density at radius 2 is 1.94 bits per heavy atom. The van der Waals surface area contributed by atoms with Crippen LogP contribution in [-0.2, 0) is 10.1 Å². The van der Waals surface area contributed by atoms with Gasteiger partial charge in [-0.1, -0.05) is 12.1 Å². The molecule has 0 fully saturated rings. The Balaban J connectivity index is 1.35. The SMILES string of the molecule is O=c1[nH]c2ccc(S(=O)(=O)Oc3cccc(Nc4nc(-c5ccccn5)cs4)c3)cc2o1. The number of fused-ring (bicyclic) bond motifs is 1. The minimum absolute atomic E-state index is 0.118. The van der Waals surface area contributed by atoms with Crippen LogP contribution in [0, 0.1) is 0 Å². The zero-order valence-corrected chi connectivity index (χ0v) is 17.8. The third kappa shape index (κ3) is 4.11. The van der Waals surface area contributed by atoms with Crippen molar-refractivity contribution in [1.82, 2.24) is 15.0 Å². The zero-order valence-electron chi connectivity index (χ0n) is 16.2. The molecule has 0 unspecified atom stereocenters. The molecule has 0 saturated carbocycles. The Kier molecular flexibility index (Phi) is 4.96. The number of pyridine rings is 1. The third-order valence-corrected chi connectivity index (χ3v) is 6.40. The Bertz CT molecular complexity index is 1570. The summed E-state index contributed by atoms with van der Waals surface area (Å²) >= 11 is 1.40. The first-order chi connectivity index (χ1) is 15.5. The predicted molar refractivity (Wildman–Crippen MR) is 120 cm³/mol. The first-order valence-corrected chi connectivity index (χ1v) is 11.6. The summed E-state index contributed by atoms with van der Waals surface area (Å²) in [5.74, 6) is -0.547. The van der Waals surface area contributed by atoms with Gasteiger partial charge in [0.25, 0.3) is 0 Å². The van der Waals surface area contributed by atoms with E-state index in [9.17, 15) is 13.2 Å². The maximum Gasteiger partial charge on any atom is 0.417 e. The molecule has 3 heterocycles. The van der Waals surface area contributed by atoms with Crippen molar-refractivity contribution in [3.63, 3.8) is 0 Å². The number of thiazole rings is 1. The van der Waals surface area contributed by atoms with E-state index in [1.54, 1.807) is 24.4 Å². The van der Waals surface area contributed by atoms with Gasteiger partial charge in [0.05, 0.1) is 11.2 Å². The number of hydrogen-bond acceptors (Lipinski definition) is 9. The number of benzene rings is 2. The first-order valence-electron chi connectivity index (χ1n) is 9.28. The number of H-pyrrole nitrogens is 1. The maximum absolute atomic E-state index is 12.7. The fraction of sp³-hybridized carbons (Fsp3) is 0. The zero-order chi connectivity index (χ0) is 22.1. The molecule has 0 saturated heterocycles. The van der Waals surface area contributed by atoms with Gasteiger partial charge in [0.15, 0.2) is 10.7 Å². The van der Waals surface area contributed by atoms with Crippen molar-refractivity contribution in [3.05, 3.63) is 82.8 Å². The number of oxazole rings is 1. The third-order valence-electron chi connectivity index (χ3n) is 4.40. The summed E-state index contributed by atoms with van der Waals surface area (Å²) in [6.45, 7) is 0. The van der Waals surface area contributed by atoms with Gasteiger partial charge in [0.2, 0.25) is 0 Å². The monoisotopic (exact) mass is 466 g/mol. The molecule has 32 heavy (non-hydrogen) atoms. The number of anilines is 2. The molecular weight excluding hydrogens is 452 g/mol. The van der Waals surface area contributed by atoms with Gasteiger partial charge < -0.3 is 13.9 Å². The van der Waals surface area contributed by atoms with Gasteiger partial charge in [0, 0.05) is 29.4 Å². The minimum atomic E-state index is -4.14. The summed E-state index contributed by atoms with van der Waals surface area (Å²) < 4.78 is 35.6. The number of hydrogen-bond donors (Lipinski definition) is 2. The Hall–Kier alpha value is -3.96. The Labute approximate surface area is 185 Å². The summed E-state index contributed by atoms with van der Waals surface area (Å²) in [6.07, 6.45) is 1.70. The number of aromatic nitrogens is 3. The van der Waals surface area contributed by atoms with Crippen molar-refractivity contribution in [1.29, 1.82) is 0 Å². The van der Waals surface area contributed by atoms with Gasteiger partial charge in [-0.3, -0.25) is 9.97 Å². The Morgan fingerprint density at radius 3 is 2.78 bits per heavy atom. The predicted octanol–water partition coefficient (Wildman–Crippen LogP) is 4.15. The topological polar surface area (TPSA) is 127 Å². The van der Waals surface area contributed by atoms with Crippen molar-refractivity contribution in [3.8, 4) is 17.1 Å². The summed E-state index contributed by atoms with van der Waals surface area (Å²) in [7, 11) is -4.14. The lowest BCUT2D eigenvalue weighted by Crippen LogP contribution is -2.09. The highest BCUT2D eigenvalue weighted by atomic mass is 32.2. The molecule has 5 aromatic rings. The summed E-state index contributed by atoms with van der Waals surface area (Å²) in [5.41, 5.74) is 2.62. The molecule has 11 heteroatoms. The minimum Gasteiger partial charge on any atom is -0.408 e. The van der Waals surface area contributed by atoms with Crippen LogP contribution in [0.1, 0.15) is 0 Å². The highest BCUT2D eigenvalue weighted by Gasteiger charge is 2.19. The lowest BCUT2D eigenvalue weighted by atomic mass is 10.3. The molecule has 9 nitrogen and oxygen atoms in total. The fourth-order valence-electron chi connectivity index (χ4n) is 2.97. The van der Waals surface area contributed by atoms with E-state index < -0.39 is 15.9 Å². The van der Waals surface area contributed by atoms with Crippen LogP contribution in [-0.4, -0.2) is 23.4 Å². The van der Waals surface area contributed by atoms with Crippen LogP contribution in [0.5, 0.6) is 5.75 Å². The molecular formula is C21H14N4O5S2. The van der Waals surface area contributed by atoms with Gasteiger partial charge in [-0.25, -0.2) is 9.78 Å². The van der Waals surface area contributed by atoms with Crippen molar-refractivity contribution in [2.24, 2.45) is 0 Å². The highest BCUT2D eigenvalue weighted by molar-refractivity contribution is 7.87. The van der Waals surface area contributed by atoms with E-state index in [1.807, 2.05) is 23.6 Å². The lowest BCUT2D eigenvalue weighted by molar-refractivity contribution is 0.485. The molecule has 0 aliphatic carbocycles. The normalized spacial score (nSPS) is 11.5. The van der Waals surface area contributed by atoms with Crippen LogP contribution < -0.4 is 15.3 Å². The fourth-order valence-corrected chi connectivity index (χ4v) is 4.63.